The Hall–Kier alpha value is -2.25. The molecular formula is C22H28N4O2S. The number of benzene rings is 1. The Morgan fingerprint density at radius 3 is 2.69 bits per heavy atom. The Kier molecular flexibility index (Phi) is 5.69. The highest BCUT2D eigenvalue weighted by Gasteiger charge is 2.30. The van der Waals surface area contributed by atoms with Crippen LogP contribution in [0.3, 0.4) is 0 Å². The van der Waals surface area contributed by atoms with Crippen LogP contribution in [0.5, 0.6) is 0 Å². The van der Waals surface area contributed by atoms with Gasteiger partial charge in [-0.15, -0.1) is 0 Å². The van der Waals surface area contributed by atoms with Crippen molar-refractivity contribution >= 4 is 21.2 Å². The second-order valence-corrected chi connectivity index (χ2v) is 10.3. The third kappa shape index (κ3) is 4.36. The van der Waals surface area contributed by atoms with E-state index < -0.39 is 10.0 Å². The van der Waals surface area contributed by atoms with Crippen LogP contribution in [-0.2, 0) is 23.0 Å². The van der Waals surface area contributed by atoms with Crippen molar-refractivity contribution in [3.63, 3.8) is 0 Å². The molecule has 2 aromatic heterocycles. The van der Waals surface area contributed by atoms with Gasteiger partial charge in [-0.25, -0.2) is 18.4 Å². The number of nitrogens with zero attached hydrogens (tertiary/aromatic N) is 4. The minimum absolute atomic E-state index is 0.248. The van der Waals surface area contributed by atoms with E-state index in [1.807, 2.05) is 28.8 Å². The van der Waals surface area contributed by atoms with Crippen molar-refractivity contribution in [2.24, 2.45) is 11.8 Å². The van der Waals surface area contributed by atoms with Crippen LogP contribution in [0.4, 0.5) is 0 Å². The van der Waals surface area contributed by atoms with E-state index in [1.165, 1.54) is 5.56 Å². The van der Waals surface area contributed by atoms with Crippen LogP contribution in [0.15, 0.2) is 53.8 Å². The summed E-state index contributed by atoms with van der Waals surface area (Å²) in [5.41, 5.74) is 2.90. The summed E-state index contributed by atoms with van der Waals surface area (Å²) in [5.74, 6) is 0.798. The first kappa shape index (κ1) is 20.0. The Labute approximate surface area is 172 Å². The number of rotatable bonds is 6. The molecule has 3 heterocycles. The van der Waals surface area contributed by atoms with Gasteiger partial charge in [0.05, 0.1) is 11.2 Å². The molecule has 0 radical (unpaired) electrons. The Morgan fingerprint density at radius 1 is 1.14 bits per heavy atom. The molecule has 1 unspecified atom stereocenters. The highest BCUT2D eigenvalue weighted by Crippen LogP contribution is 2.26. The fourth-order valence-corrected chi connectivity index (χ4v) is 5.68. The third-order valence-corrected chi connectivity index (χ3v) is 7.40. The molecule has 0 spiro atoms. The van der Waals surface area contributed by atoms with E-state index in [0.29, 0.717) is 23.9 Å². The van der Waals surface area contributed by atoms with Gasteiger partial charge in [-0.05, 0) is 60.9 Å². The molecule has 1 saturated heterocycles. The van der Waals surface area contributed by atoms with Crippen molar-refractivity contribution in [3.8, 4) is 0 Å². The third-order valence-electron chi connectivity index (χ3n) is 5.52. The summed E-state index contributed by atoms with van der Waals surface area (Å²) >= 11 is 0. The normalized spacial score (nSPS) is 18.5. The maximum absolute atomic E-state index is 13.2. The molecule has 1 fully saturated rings. The molecule has 29 heavy (non-hydrogen) atoms. The van der Waals surface area contributed by atoms with Crippen LogP contribution in [0.1, 0.15) is 32.3 Å². The quantitative estimate of drug-likeness (QED) is 0.619. The van der Waals surface area contributed by atoms with Crippen LogP contribution in [0.2, 0.25) is 0 Å². The smallest absolute Gasteiger partial charge is 0.243 e. The Morgan fingerprint density at radius 2 is 1.93 bits per heavy atom. The Bertz CT molecular complexity index is 1070. The van der Waals surface area contributed by atoms with Crippen LogP contribution in [-0.4, -0.2) is 40.3 Å². The lowest BCUT2D eigenvalue weighted by atomic mass is 10.00. The van der Waals surface area contributed by atoms with E-state index in [1.54, 1.807) is 29.0 Å². The zero-order valence-corrected chi connectivity index (χ0v) is 17.8. The zero-order chi connectivity index (χ0) is 20.4. The molecule has 7 heteroatoms. The van der Waals surface area contributed by atoms with Crippen molar-refractivity contribution in [1.29, 1.82) is 0 Å². The number of hydrogen-bond donors (Lipinski definition) is 0. The molecule has 0 aliphatic carbocycles. The van der Waals surface area contributed by atoms with Gasteiger partial charge in [0.15, 0.2) is 5.65 Å². The minimum Gasteiger partial charge on any atom is -0.315 e. The number of piperidine rings is 1. The second-order valence-electron chi connectivity index (χ2n) is 8.36. The summed E-state index contributed by atoms with van der Waals surface area (Å²) in [4.78, 5) is 9.21. The van der Waals surface area contributed by atoms with Crippen LogP contribution >= 0.6 is 0 Å². The highest BCUT2D eigenvalue weighted by molar-refractivity contribution is 7.89. The molecule has 154 valence electrons. The molecule has 1 aliphatic rings. The molecule has 6 nitrogen and oxygen atoms in total. The predicted octanol–water partition coefficient (Wildman–Crippen LogP) is 3.73. The van der Waals surface area contributed by atoms with Crippen LogP contribution < -0.4 is 0 Å². The first-order chi connectivity index (χ1) is 13.9. The van der Waals surface area contributed by atoms with E-state index in [9.17, 15) is 8.42 Å². The molecule has 4 rings (SSSR count). The largest absolute Gasteiger partial charge is 0.315 e. The fraction of sp³-hybridized carbons (Fsp3) is 0.455. The summed E-state index contributed by atoms with van der Waals surface area (Å²) in [6.07, 6.45) is 6.40. The number of hydrogen-bond acceptors (Lipinski definition) is 4. The lowest BCUT2D eigenvalue weighted by Gasteiger charge is -2.32. The van der Waals surface area contributed by atoms with Crippen LogP contribution in [0, 0.1) is 11.8 Å². The van der Waals surface area contributed by atoms with Gasteiger partial charge in [0, 0.05) is 25.8 Å². The summed E-state index contributed by atoms with van der Waals surface area (Å²) in [7, 11) is -3.47. The van der Waals surface area contributed by atoms with Gasteiger partial charge < -0.3 is 4.57 Å². The van der Waals surface area contributed by atoms with Crippen molar-refractivity contribution < 1.29 is 8.42 Å². The van der Waals surface area contributed by atoms with E-state index >= 15 is 0 Å². The van der Waals surface area contributed by atoms with Gasteiger partial charge in [0.2, 0.25) is 10.0 Å². The molecule has 1 atom stereocenters. The standard InChI is InChI=1S/C22H28N4O2S/c1-17(2)13-18-7-9-20(10-8-18)29(27,28)26-12-4-5-19(15-26)14-25-16-24-21-6-3-11-23-22(21)25/h3,6-11,16-17,19H,4-5,12-15H2,1-2H3. The number of imidazole rings is 1. The van der Waals surface area contributed by atoms with Crippen molar-refractivity contribution in [1.82, 2.24) is 18.8 Å². The summed E-state index contributed by atoms with van der Waals surface area (Å²) in [6, 6.07) is 11.2. The number of pyridine rings is 1. The number of sulfonamides is 1. The molecule has 1 aromatic carbocycles. The number of fused-ring (bicyclic) bond motifs is 1. The van der Waals surface area contributed by atoms with E-state index in [-0.39, 0.29) is 5.92 Å². The Balaban J connectivity index is 1.48. The van der Waals surface area contributed by atoms with Gasteiger partial charge in [0.25, 0.3) is 0 Å². The maximum Gasteiger partial charge on any atom is 0.243 e. The first-order valence-corrected chi connectivity index (χ1v) is 11.7. The van der Waals surface area contributed by atoms with Gasteiger partial charge in [-0.2, -0.15) is 4.31 Å². The average Bonchev–Trinajstić information content (AvgIpc) is 3.11. The van der Waals surface area contributed by atoms with E-state index in [4.69, 9.17) is 0 Å². The van der Waals surface area contributed by atoms with Gasteiger partial charge in [-0.3, -0.25) is 0 Å². The predicted molar refractivity (Wildman–Crippen MR) is 114 cm³/mol. The molecular weight excluding hydrogens is 384 g/mol. The number of aromatic nitrogens is 3. The van der Waals surface area contributed by atoms with Crippen molar-refractivity contribution in [2.45, 2.75) is 44.6 Å². The monoisotopic (exact) mass is 412 g/mol. The topological polar surface area (TPSA) is 68.1 Å². The molecule has 3 aromatic rings. The molecule has 0 amide bonds. The SMILES string of the molecule is CC(C)Cc1ccc(S(=O)(=O)N2CCCC(Cn3cnc4cccnc43)C2)cc1. The lowest BCUT2D eigenvalue weighted by Crippen LogP contribution is -2.41. The van der Waals surface area contributed by atoms with Gasteiger partial charge in [0.1, 0.15) is 5.52 Å². The summed E-state index contributed by atoms with van der Waals surface area (Å²) in [5, 5.41) is 0. The molecule has 0 N–H and O–H groups in total. The average molecular weight is 413 g/mol. The molecule has 1 aliphatic heterocycles. The molecule has 0 saturated carbocycles. The summed E-state index contributed by atoms with van der Waals surface area (Å²) < 4.78 is 30.0. The second kappa shape index (κ2) is 8.24. The van der Waals surface area contributed by atoms with E-state index in [0.717, 1.165) is 37.0 Å². The first-order valence-electron chi connectivity index (χ1n) is 10.3. The maximum atomic E-state index is 13.2. The van der Waals surface area contributed by atoms with Gasteiger partial charge >= 0.3 is 0 Å². The minimum atomic E-state index is -3.47. The lowest BCUT2D eigenvalue weighted by molar-refractivity contribution is 0.246. The van der Waals surface area contributed by atoms with E-state index in [2.05, 4.69) is 23.8 Å². The van der Waals surface area contributed by atoms with Crippen LogP contribution in [0.25, 0.3) is 11.2 Å². The van der Waals surface area contributed by atoms with Gasteiger partial charge in [-0.1, -0.05) is 26.0 Å². The zero-order valence-electron chi connectivity index (χ0n) is 17.0. The summed E-state index contributed by atoms with van der Waals surface area (Å²) in [6.45, 7) is 6.17. The molecule has 0 bridgehead atoms. The highest BCUT2D eigenvalue weighted by atomic mass is 32.2. The van der Waals surface area contributed by atoms with Crippen molar-refractivity contribution in [2.75, 3.05) is 13.1 Å². The fourth-order valence-electron chi connectivity index (χ4n) is 4.12. The van der Waals surface area contributed by atoms with Crippen molar-refractivity contribution in [3.05, 3.63) is 54.5 Å².